The number of hydrogen-bond donors (Lipinski definition) is 1. The normalized spacial score (nSPS) is 18.4. The molecular formula is C10H10F3NO. The number of nitrogens with one attached hydrogen (secondary N) is 1. The second-order valence-corrected chi connectivity index (χ2v) is 3.83. The lowest BCUT2D eigenvalue weighted by Crippen LogP contribution is -2.61. The molecule has 0 radical (unpaired) electrons. The van der Waals surface area contributed by atoms with Crippen molar-refractivity contribution in [2.75, 3.05) is 13.1 Å². The molecule has 15 heavy (non-hydrogen) atoms. The standard InChI is InChI=1S/C10H10F3NO/c1-10(4-14-5-10)15-9-7(12)3-2-6(11)8(9)13/h2-3,14H,4-5H2,1H3. The first kappa shape index (κ1) is 10.3. The average Bonchev–Trinajstić information content (AvgIpc) is 2.16. The number of halogens is 3. The minimum absolute atomic E-state index is 0.488. The first-order valence-corrected chi connectivity index (χ1v) is 4.55. The van der Waals surface area contributed by atoms with Crippen molar-refractivity contribution in [1.82, 2.24) is 5.32 Å². The van der Waals surface area contributed by atoms with Gasteiger partial charge in [0.25, 0.3) is 0 Å². The van der Waals surface area contributed by atoms with Crippen LogP contribution in [0.25, 0.3) is 0 Å². The Labute approximate surface area is 85.0 Å². The molecule has 82 valence electrons. The zero-order chi connectivity index (χ0) is 11.1. The van der Waals surface area contributed by atoms with Gasteiger partial charge in [0, 0.05) is 13.1 Å². The maximum absolute atomic E-state index is 13.2. The van der Waals surface area contributed by atoms with Crippen molar-refractivity contribution < 1.29 is 17.9 Å². The molecule has 2 rings (SSSR count). The first-order valence-electron chi connectivity index (χ1n) is 4.55. The van der Waals surface area contributed by atoms with Crippen LogP contribution in [-0.4, -0.2) is 18.7 Å². The molecule has 0 aromatic heterocycles. The van der Waals surface area contributed by atoms with E-state index in [0.717, 1.165) is 12.1 Å². The van der Waals surface area contributed by atoms with Gasteiger partial charge >= 0.3 is 0 Å². The summed E-state index contributed by atoms with van der Waals surface area (Å²) in [5.41, 5.74) is -0.657. The molecule has 0 atom stereocenters. The van der Waals surface area contributed by atoms with E-state index in [1.54, 1.807) is 6.92 Å². The second-order valence-electron chi connectivity index (χ2n) is 3.83. The van der Waals surface area contributed by atoms with Crippen molar-refractivity contribution in [1.29, 1.82) is 0 Å². The van der Waals surface area contributed by atoms with Gasteiger partial charge in [-0.2, -0.15) is 4.39 Å². The fourth-order valence-electron chi connectivity index (χ4n) is 1.40. The van der Waals surface area contributed by atoms with Gasteiger partial charge < -0.3 is 10.1 Å². The summed E-state index contributed by atoms with van der Waals surface area (Å²) >= 11 is 0. The molecule has 0 aliphatic carbocycles. The van der Waals surface area contributed by atoms with Gasteiger partial charge in [0.05, 0.1) is 0 Å². The van der Waals surface area contributed by atoms with E-state index < -0.39 is 28.8 Å². The Morgan fingerprint density at radius 3 is 2.33 bits per heavy atom. The topological polar surface area (TPSA) is 21.3 Å². The number of benzene rings is 1. The molecule has 2 nitrogen and oxygen atoms in total. The maximum atomic E-state index is 13.2. The quantitative estimate of drug-likeness (QED) is 0.763. The molecule has 0 saturated carbocycles. The summed E-state index contributed by atoms with van der Waals surface area (Å²) in [6.07, 6.45) is 0. The fraction of sp³-hybridized carbons (Fsp3) is 0.400. The van der Waals surface area contributed by atoms with Crippen molar-refractivity contribution in [2.45, 2.75) is 12.5 Å². The lowest BCUT2D eigenvalue weighted by molar-refractivity contribution is 0.0265. The zero-order valence-electron chi connectivity index (χ0n) is 8.11. The van der Waals surface area contributed by atoms with Gasteiger partial charge in [-0.05, 0) is 19.1 Å². The molecule has 1 aromatic rings. The van der Waals surface area contributed by atoms with E-state index in [9.17, 15) is 13.2 Å². The Morgan fingerprint density at radius 1 is 1.20 bits per heavy atom. The average molecular weight is 217 g/mol. The van der Waals surface area contributed by atoms with Gasteiger partial charge in [-0.25, -0.2) is 8.78 Å². The monoisotopic (exact) mass is 217 g/mol. The molecule has 0 spiro atoms. The Bertz CT molecular complexity index is 390. The molecule has 1 fully saturated rings. The van der Waals surface area contributed by atoms with Gasteiger partial charge in [-0.15, -0.1) is 0 Å². The summed E-state index contributed by atoms with van der Waals surface area (Å²) in [7, 11) is 0. The Balaban J connectivity index is 2.30. The van der Waals surface area contributed by atoms with Crippen LogP contribution in [0.4, 0.5) is 13.2 Å². The molecule has 1 aliphatic rings. The van der Waals surface area contributed by atoms with E-state index in [0.29, 0.717) is 13.1 Å². The molecule has 1 aromatic carbocycles. The summed E-state index contributed by atoms with van der Waals surface area (Å²) in [6, 6.07) is 1.59. The highest BCUT2D eigenvalue weighted by Gasteiger charge is 2.36. The largest absolute Gasteiger partial charge is 0.479 e. The van der Waals surface area contributed by atoms with Crippen LogP contribution in [0.3, 0.4) is 0 Å². The first-order chi connectivity index (χ1) is 7.02. The Kier molecular flexibility index (Phi) is 2.34. The van der Waals surface area contributed by atoms with Crippen molar-refractivity contribution in [3.8, 4) is 5.75 Å². The summed E-state index contributed by atoms with van der Waals surface area (Å²) < 4.78 is 44.3. The maximum Gasteiger partial charge on any atom is 0.203 e. The van der Waals surface area contributed by atoms with Crippen LogP contribution in [-0.2, 0) is 0 Å². The Hall–Kier alpha value is -1.23. The molecule has 1 aliphatic heterocycles. The highest BCUT2D eigenvalue weighted by atomic mass is 19.2. The highest BCUT2D eigenvalue weighted by Crippen LogP contribution is 2.28. The summed E-state index contributed by atoms with van der Waals surface area (Å²) in [5.74, 6) is -3.91. The van der Waals surface area contributed by atoms with Gasteiger partial charge in [0.2, 0.25) is 5.82 Å². The zero-order valence-corrected chi connectivity index (χ0v) is 8.11. The van der Waals surface area contributed by atoms with Crippen molar-refractivity contribution >= 4 is 0 Å². The molecule has 0 bridgehead atoms. The molecule has 1 heterocycles. The highest BCUT2D eigenvalue weighted by molar-refractivity contribution is 5.28. The molecule has 0 amide bonds. The van der Waals surface area contributed by atoms with Gasteiger partial charge in [0.1, 0.15) is 5.60 Å². The van der Waals surface area contributed by atoms with Gasteiger partial charge in [-0.1, -0.05) is 0 Å². The van der Waals surface area contributed by atoms with E-state index in [-0.39, 0.29) is 0 Å². The smallest absolute Gasteiger partial charge is 0.203 e. The minimum atomic E-state index is -1.27. The van der Waals surface area contributed by atoms with Crippen LogP contribution in [0.2, 0.25) is 0 Å². The predicted molar refractivity (Wildman–Crippen MR) is 48.2 cm³/mol. The van der Waals surface area contributed by atoms with E-state index in [1.807, 2.05) is 0 Å². The Morgan fingerprint density at radius 2 is 1.80 bits per heavy atom. The number of rotatable bonds is 2. The van der Waals surface area contributed by atoms with E-state index >= 15 is 0 Å². The molecule has 1 saturated heterocycles. The van der Waals surface area contributed by atoms with Crippen molar-refractivity contribution in [2.24, 2.45) is 0 Å². The minimum Gasteiger partial charge on any atom is -0.479 e. The van der Waals surface area contributed by atoms with Gasteiger partial charge in [0.15, 0.2) is 17.4 Å². The third-order valence-electron chi connectivity index (χ3n) is 2.35. The lowest BCUT2D eigenvalue weighted by Gasteiger charge is -2.39. The van der Waals surface area contributed by atoms with E-state index in [2.05, 4.69) is 5.32 Å². The van der Waals surface area contributed by atoms with Gasteiger partial charge in [-0.3, -0.25) is 0 Å². The van der Waals surface area contributed by atoms with Crippen LogP contribution in [0.5, 0.6) is 5.75 Å². The summed E-state index contributed by atoms with van der Waals surface area (Å²) in [6.45, 7) is 2.68. The number of ether oxygens (including phenoxy) is 1. The summed E-state index contributed by atoms with van der Waals surface area (Å²) in [4.78, 5) is 0. The molecule has 5 heteroatoms. The second kappa shape index (κ2) is 3.41. The van der Waals surface area contributed by atoms with Crippen molar-refractivity contribution in [3.63, 3.8) is 0 Å². The molecular weight excluding hydrogens is 207 g/mol. The van der Waals surface area contributed by atoms with Crippen LogP contribution < -0.4 is 10.1 Å². The van der Waals surface area contributed by atoms with Crippen LogP contribution >= 0.6 is 0 Å². The van der Waals surface area contributed by atoms with Crippen molar-refractivity contribution in [3.05, 3.63) is 29.6 Å². The van der Waals surface area contributed by atoms with Crippen LogP contribution in [0.1, 0.15) is 6.92 Å². The fourth-order valence-corrected chi connectivity index (χ4v) is 1.40. The SMILES string of the molecule is CC1(Oc2c(F)ccc(F)c2F)CNC1. The predicted octanol–water partition coefficient (Wildman–Crippen LogP) is 1.84. The van der Waals surface area contributed by atoms with Crippen LogP contribution in [0, 0.1) is 17.5 Å². The van der Waals surface area contributed by atoms with Crippen LogP contribution in [0.15, 0.2) is 12.1 Å². The molecule has 1 N–H and O–H groups in total. The lowest BCUT2D eigenvalue weighted by atomic mass is 10.00. The van der Waals surface area contributed by atoms with E-state index in [4.69, 9.17) is 4.74 Å². The third-order valence-corrected chi connectivity index (χ3v) is 2.35. The number of hydrogen-bond acceptors (Lipinski definition) is 2. The molecule has 0 unspecified atom stereocenters. The summed E-state index contributed by atoms with van der Waals surface area (Å²) in [5, 5.41) is 2.91. The van der Waals surface area contributed by atoms with E-state index in [1.165, 1.54) is 0 Å². The third kappa shape index (κ3) is 1.79.